The quantitative estimate of drug-likeness (QED) is 0.763. The molecule has 0 spiro atoms. The highest BCUT2D eigenvalue weighted by Crippen LogP contribution is 2.42. The van der Waals surface area contributed by atoms with E-state index in [4.69, 9.17) is 9.47 Å². The number of phenolic OH excluding ortho intramolecular Hbond substituents is 1. The van der Waals surface area contributed by atoms with E-state index in [0.29, 0.717) is 11.5 Å². The molecule has 4 nitrogen and oxygen atoms in total. The minimum absolute atomic E-state index is 0.0973. The van der Waals surface area contributed by atoms with Gasteiger partial charge in [-0.2, -0.15) is 0 Å². The minimum atomic E-state index is -0.911. The monoisotopic (exact) mass is 208 g/mol. The van der Waals surface area contributed by atoms with Gasteiger partial charge in [0.05, 0.1) is 7.11 Å². The molecule has 0 saturated heterocycles. The number of aromatic hydroxyl groups is 1. The fraction of sp³-hybridized carbons (Fsp3) is 0.364. The van der Waals surface area contributed by atoms with Crippen LogP contribution in [0.2, 0.25) is 0 Å². The van der Waals surface area contributed by atoms with Crippen LogP contribution in [-0.4, -0.2) is 23.6 Å². The van der Waals surface area contributed by atoms with E-state index in [1.807, 2.05) is 0 Å². The lowest BCUT2D eigenvalue weighted by molar-refractivity contribution is 0.0683. The number of Topliss-reactive ketones (excluding diaryl/α,β-unsaturated/α-hetero) is 1. The molecule has 2 rings (SSSR count). The summed E-state index contributed by atoms with van der Waals surface area (Å²) in [5.74, 6) is 0.538. The molecule has 0 radical (unpaired) electrons. The van der Waals surface area contributed by atoms with E-state index >= 15 is 0 Å². The molecule has 0 aromatic heterocycles. The molecule has 15 heavy (non-hydrogen) atoms. The van der Waals surface area contributed by atoms with Crippen LogP contribution in [-0.2, 0) is 0 Å². The van der Waals surface area contributed by atoms with E-state index in [2.05, 4.69) is 0 Å². The lowest BCUT2D eigenvalue weighted by Gasteiger charge is -2.14. The van der Waals surface area contributed by atoms with Gasteiger partial charge < -0.3 is 14.6 Å². The van der Waals surface area contributed by atoms with Gasteiger partial charge in [-0.3, -0.25) is 4.79 Å². The predicted octanol–water partition coefficient (Wildman–Crippen LogP) is 1.75. The van der Waals surface area contributed by atoms with Crippen LogP contribution in [0.1, 0.15) is 24.2 Å². The van der Waals surface area contributed by atoms with E-state index in [9.17, 15) is 9.90 Å². The number of carbonyl (C=O) groups is 1. The average Bonchev–Trinajstić information content (AvgIpc) is 2.37. The second kappa shape index (κ2) is 2.89. The van der Waals surface area contributed by atoms with Gasteiger partial charge in [0.2, 0.25) is 5.78 Å². The molecule has 0 fully saturated rings. The number of carbonyl (C=O) groups excluding carboxylic acids is 1. The number of phenols is 1. The summed E-state index contributed by atoms with van der Waals surface area (Å²) in [6, 6.07) is 3.00. The molecule has 0 amide bonds. The molecular weight excluding hydrogens is 196 g/mol. The van der Waals surface area contributed by atoms with E-state index in [-0.39, 0.29) is 17.1 Å². The van der Waals surface area contributed by atoms with Crippen molar-refractivity contribution in [2.24, 2.45) is 0 Å². The number of fused-ring (bicyclic) bond motifs is 1. The Kier molecular flexibility index (Phi) is 1.89. The topological polar surface area (TPSA) is 55.8 Å². The first kappa shape index (κ1) is 9.83. The van der Waals surface area contributed by atoms with Crippen LogP contribution < -0.4 is 9.47 Å². The summed E-state index contributed by atoms with van der Waals surface area (Å²) in [5, 5.41) is 9.67. The van der Waals surface area contributed by atoms with Gasteiger partial charge in [-0.05, 0) is 13.8 Å². The van der Waals surface area contributed by atoms with Crippen LogP contribution in [0.3, 0.4) is 0 Å². The van der Waals surface area contributed by atoms with Crippen molar-refractivity contribution in [3.8, 4) is 17.2 Å². The van der Waals surface area contributed by atoms with Crippen LogP contribution in [0.4, 0.5) is 0 Å². The number of hydrogen-bond donors (Lipinski definition) is 1. The number of hydrogen-bond acceptors (Lipinski definition) is 4. The van der Waals surface area contributed by atoms with Gasteiger partial charge in [-0.1, -0.05) is 0 Å². The molecular formula is C11H12O4. The first-order chi connectivity index (χ1) is 6.95. The minimum Gasteiger partial charge on any atom is -0.507 e. The highest BCUT2D eigenvalue weighted by atomic mass is 16.5. The van der Waals surface area contributed by atoms with Crippen molar-refractivity contribution >= 4 is 5.78 Å². The summed E-state index contributed by atoms with van der Waals surface area (Å²) in [5.41, 5.74) is -0.674. The standard InChI is InChI=1S/C11H12O4/c1-11(2)10(13)9-7(12)4-6(14-3)5-8(9)15-11/h4-5,12H,1-3H3. The zero-order valence-corrected chi connectivity index (χ0v) is 8.83. The normalized spacial score (nSPS) is 17.1. The summed E-state index contributed by atoms with van der Waals surface area (Å²) in [4.78, 5) is 11.8. The molecule has 80 valence electrons. The zero-order valence-electron chi connectivity index (χ0n) is 8.83. The molecule has 0 bridgehead atoms. The average molecular weight is 208 g/mol. The molecule has 1 aromatic rings. The van der Waals surface area contributed by atoms with Crippen molar-refractivity contribution in [3.05, 3.63) is 17.7 Å². The van der Waals surface area contributed by atoms with Crippen molar-refractivity contribution in [1.82, 2.24) is 0 Å². The van der Waals surface area contributed by atoms with Crippen molar-refractivity contribution < 1.29 is 19.4 Å². The van der Waals surface area contributed by atoms with Crippen molar-refractivity contribution in [2.75, 3.05) is 7.11 Å². The van der Waals surface area contributed by atoms with Crippen molar-refractivity contribution in [1.29, 1.82) is 0 Å². The smallest absolute Gasteiger partial charge is 0.213 e. The fourth-order valence-electron chi connectivity index (χ4n) is 1.63. The second-order valence-electron chi connectivity index (χ2n) is 3.96. The highest BCUT2D eigenvalue weighted by Gasteiger charge is 2.42. The van der Waals surface area contributed by atoms with E-state index in [1.54, 1.807) is 19.9 Å². The molecule has 0 unspecified atom stereocenters. The predicted molar refractivity (Wildman–Crippen MR) is 53.7 cm³/mol. The maximum absolute atomic E-state index is 11.8. The van der Waals surface area contributed by atoms with Crippen LogP contribution in [0.25, 0.3) is 0 Å². The van der Waals surface area contributed by atoms with Crippen molar-refractivity contribution in [3.63, 3.8) is 0 Å². The summed E-state index contributed by atoms with van der Waals surface area (Å²) in [6.07, 6.45) is 0. The molecule has 0 atom stereocenters. The summed E-state index contributed by atoms with van der Waals surface area (Å²) >= 11 is 0. The molecule has 0 saturated carbocycles. The largest absolute Gasteiger partial charge is 0.507 e. The summed E-state index contributed by atoms with van der Waals surface area (Å²) in [7, 11) is 1.49. The third-order valence-electron chi connectivity index (χ3n) is 2.43. The van der Waals surface area contributed by atoms with Gasteiger partial charge in [0.25, 0.3) is 0 Å². The van der Waals surface area contributed by atoms with Crippen LogP contribution in [0, 0.1) is 0 Å². The third kappa shape index (κ3) is 1.33. The van der Waals surface area contributed by atoms with E-state index < -0.39 is 5.60 Å². The molecule has 1 aliphatic rings. The van der Waals surface area contributed by atoms with Gasteiger partial charge in [-0.25, -0.2) is 0 Å². The van der Waals surface area contributed by atoms with Gasteiger partial charge in [-0.15, -0.1) is 0 Å². The summed E-state index contributed by atoms with van der Waals surface area (Å²) in [6.45, 7) is 3.34. The Morgan fingerprint density at radius 2 is 2.07 bits per heavy atom. The Hall–Kier alpha value is -1.71. The Labute approximate surface area is 87.4 Å². The number of benzene rings is 1. The zero-order chi connectivity index (χ0) is 11.2. The molecule has 1 heterocycles. The van der Waals surface area contributed by atoms with Gasteiger partial charge in [0.1, 0.15) is 22.8 Å². The molecule has 1 N–H and O–H groups in total. The fourth-order valence-corrected chi connectivity index (χ4v) is 1.63. The Morgan fingerprint density at radius 3 is 2.67 bits per heavy atom. The first-order valence-electron chi connectivity index (χ1n) is 4.60. The van der Waals surface area contributed by atoms with Crippen molar-refractivity contribution in [2.45, 2.75) is 19.4 Å². The van der Waals surface area contributed by atoms with Crippen LogP contribution >= 0.6 is 0 Å². The lowest BCUT2D eigenvalue weighted by atomic mass is 9.99. The van der Waals surface area contributed by atoms with Crippen LogP contribution in [0.5, 0.6) is 17.2 Å². The number of ketones is 1. The Bertz CT molecular complexity index is 434. The molecule has 4 heteroatoms. The Balaban J connectivity index is 2.60. The van der Waals surface area contributed by atoms with Gasteiger partial charge in [0.15, 0.2) is 5.60 Å². The second-order valence-corrected chi connectivity index (χ2v) is 3.96. The number of ether oxygens (including phenoxy) is 2. The maximum Gasteiger partial charge on any atom is 0.213 e. The van der Waals surface area contributed by atoms with Gasteiger partial charge in [0, 0.05) is 12.1 Å². The van der Waals surface area contributed by atoms with E-state index in [1.165, 1.54) is 13.2 Å². The SMILES string of the molecule is COc1cc(O)c2c(c1)OC(C)(C)C2=O. The molecule has 1 aromatic carbocycles. The molecule has 0 aliphatic carbocycles. The Morgan fingerprint density at radius 1 is 1.40 bits per heavy atom. The molecule has 1 aliphatic heterocycles. The van der Waals surface area contributed by atoms with Gasteiger partial charge >= 0.3 is 0 Å². The number of rotatable bonds is 1. The van der Waals surface area contributed by atoms with E-state index in [0.717, 1.165) is 0 Å². The third-order valence-corrected chi connectivity index (χ3v) is 2.43. The summed E-state index contributed by atoms with van der Waals surface area (Å²) < 4.78 is 10.4. The lowest BCUT2D eigenvalue weighted by Crippen LogP contribution is -2.31. The van der Waals surface area contributed by atoms with Crippen LogP contribution in [0.15, 0.2) is 12.1 Å². The number of methoxy groups -OCH3 is 1. The maximum atomic E-state index is 11.8. The first-order valence-corrected chi connectivity index (χ1v) is 4.60. The highest BCUT2D eigenvalue weighted by molar-refractivity contribution is 6.09.